The van der Waals surface area contributed by atoms with E-state index in [0.717, 1.165) is 0 Å². The van der Waals surface area contributed by atoms with Crippen molar-refractivity contribution in [2.24, 2.45) is 0 Å². The van der Waals surface area contributed by atoms with Crippen LogP contribution >= 0.6 is 11.6 Å². The van der Waals surface area contributed by atoms with Crippen molar-refractivity contribution >= 4 is 34.3 Å². The van der Waals surface area contributed by atoms with Crippen molar-refractivity contribution in [1.82, 2.24) is 4.98 Å². The quantitative estimate of drug-likeness (QED) is 0.591. The van der Waals surface area contributed by atoms with E-state index in [0.29, 0.717) is 16.5 Å². The molecule has 80 valence electrons. The fraction of sp³-hybridized carbons (Fsp3) is 0. The average molecular weight is 235 g/mol. The predicted molar refractivity (Wildman–Crippen MR) is 63.3 cm³/mol. The van der Waals surface area contributed by atoms with Crippen LogP contribution in [0.1, 0.15) is 5.56 Å². The first kappa shape index (κ1) is 10.6. The van der Waals surface area contributed by atoms with Gasteiger partial charge in [0.2, 0.25) is 0 Å². The van der Waals surface area contributed by atoms with E-state index in [1.165, 1.54) is 17.8 Å². The molecule has 5 heteroatoms. The summed E-state index contributed by atoms with van der Waals surface area (Å²) in [6.45, 7) is 0. The minimum atomic E-state index is -0.467. The van der Waals surface area contributed by atoms with Crippen LogP contribution in [0.3, 0.4) is 0 Å². The van der Waals surface area contributed by atoms with Crippen molar-refractivity contribution in [2.45, 2.75) is 0 Å². The molecule has 0 aliphatic carbocycles. The van der Waals surface area contributed by atoms with E-state index in [2.05, 4.69) is 4.98 Å². The smallest absolute Gasteiger partial charge is 0.258 e. The number of fused-ring (bicyclic) bond motifs is 1. The molecule has 0 aliphatic heterocycles. The van der Waals surface area contributed by atoms with Gasteiger partial charge in [0.05, 0.1) is 16.0 Å². The van der Waals surface area contributed by atoms with E-state index in [1.807, 2.05) is 6.07 Å². The Morgan fingerprint density at radius 3 is 2.81 bits per heavy atom. The van der Waals surface area contributed by atoms with Gasteiger partial charge in [-0.05, 0) is 12.1 Å². The van der Waals surface area contributed by atoms with Gasteiger partial charge in [-0.25, -0.2) is 4.98 Å². The summed E-state index contributed by atoms with van der Waals surface area (Å²) in [5.74, 6) is 0. The lowest BCUT2D eigenvalue weighted by Crippen LogP contribution is -1.94. The van der Waals surface area contributed by atoms with E-state index in [4.69, 9.17) is 11.6 Å². The number of rotatable bonds is 2. The molecule has 0 spiro atoms. The SMILES string of the molecule is O=[N+]([O-])c1cnc2ccccc2c1/C=C/Cl. The maximum Gasteiger partial charge on any atom is 0.295 e. The Morgan fingerprint density at radius 2 is 2.12 bits per heavy atom. The van der Waals surface area contributed by atoms with E-state index < -0.39 is 4.92 Å². The van der Waals surface area contributed by atoms with Gasteiger partial charge in [-0.15, -0.1) is 0 Å². The van der Waals surface area contributed by atoms with Crippen molar-refractivity contribution in [3.8, 4) is 0 Å². The van der Waals surface area contributed by atoms with Crippen LogP contribution in [-0.4, -0.2) is 9.91 Å². The molecule has 0 unspecified atom stereocenters. The van der Waals surface area contributed by atoms with Crippen LogP contribution < -0.4 is 0 Å². The third-order valence-electron chi connectivity index (χ3n) is 2.22. The number of aromatic nitrogens is 1. The Hall–Kier alpha value is -1.94. The van der Waals surface area contributed by atoms with Crippen molar-refractivity contribution in [2.75, 3.05) is 0 Å². The van der Waals surface area contributed by atoms with E-state index in [1.54, 1.807) is 18.2 Å². The molecule has 2 aromatic rings. The van der Waals surface area contributed by atoms with Gasteiger partial charge >= 0.3 is 0 Å². The summed E-state index contributed by atoms with van der Waals surface area (Å²) < 4.78 is 0. The molecule has 0 saturated carbocycles. The normalized spacial score (nSPS) is 11.1. The first-order valence-corrected chi connectivity index (χ1v) is 4.96. The van der Waals surface area contributed by atoms with E-state index in [-0.39, 0.29) is 5.69 Å². The molecule has 0 aliphatic rings. The van der Waals surface area contributed by atoms with E-state index in [9.17, 15) is 10.1 Å². The second-order valence-electron chi connectivity index (χ2n) is 3.12. The Bertz CT molecular complexity index is 581. The molecule has 0 N–H and O–H groups in total. The Kier molecular flexibility index (Phi) is 2.83. The van der Waals surface area contributed by atoms with Crippen LogP contribution in [0.15, 0.2) is 36.0 Å². The molecule has 16 heavy (non-hydrogen) atoms. The molecule has 0 fully saturated rings. The van der Waals surface area contributed by atoms with Gasteiger partial charge in [0, 0.05) is 10.9 Å². The summed E-state index contributed by atoms with van der Waals surface area (Å²) in [5, 5.41) is 11.5. The van der Waals surface area contributed by atoms with Gasteiger partial charge in [-0.1, -0.05) is 29.8 Å². The summed E-state index contributed by atoms with van der Waals surface area (Å²) in [4.78, 5) is 14.4. The lowest BCUT2D eigenvalue weighted by atomic mass is 10.1. The lowest BCUT2D eigenvalue weighted by Gasteiger charge is -2.02. The fourth-order valence-electron chi connectivity index (χ4n) is 1.54. The number of nitro groups is 1. The van der Waals surface area contributed by atoms with Crippen LogP contribution in [0, 0.1) is 10.1 Å². The number of pyridine rings is 1. The van der Waals surface area contributed by atoms with Crippen molar-refractivity contribution in [1.29, 1.82) is 0 Å². The highest BCUT2D eigenvalue weighted by molar-refractivity contribution is 6.27. The molecule has 0 radical (unpaired) electrons. The highest BCUT2D eigenvalue weighted by atomic mass is 35.5. The molecule has 1 aromatic heterocycles. The average Bonchev–Trinajstić information content (AvgIpc) is 2.29. The first-order valence-electron chi connectivity index (χ1n) is 4.53. The Morgan fingerprint density at radius 1 is 1.38 bits per heavy atom. The molecular weight excluding hydrogens is 228 g/mol. The molecule has 0 amide bonds. The largest absolute Gasteiger partial charge is 0.295 e. The minimum absolute atomic E-state index is 0.0457. The van der Waals surface area contributed by atoms with Gasteiger partial charge in [-0.2, -0.15) is 0 Å². The summed E-state index contributed by atoms with van der Waals surface area (Å²) in [6, 6.07) is 7.21. The summed E-state index contributed by atoms with van der Waals surface area (Å²) >= 11 is 5.49. The van der Waals surface area contributed by atoms with Gasteiger partial charge < -0.3 is 0 Å². The number of hydrogen-bond donors (Lipinski definition) is 0. The van der Waals surface area contributed by atoms with Crippen LogP contribution in [0.25, 0.3) is 17.0 Å². The standard InChI is InChI=1S/C11H7ClN2O2/c12-6-5-9-8-3-1-2-4-10(8)13-7-11(9)14(15)16/h1-7H/b6-5+. The van der Waals surface area contributed by atoms with E-state index >= 15 is 0 Å². The van der Waals surface area contributed by atoms with Crippen LogP contribution in [0.2, 0.25) is 0 Å². The highest BCUT2D eigenvalue weighted by Crippen LogP contribution is 2.27. The van der Waals surface area contributed by atoms with Gasteiger partial charge in [-0.3, -0.25) is 10.1 Å². The Balaban J connectivity index is 2.84. The highest BCUT2D eigenvalue weighted by Gasteiger charge is 2.15. The molecular formula is C11H7ClN2O2. The maximum absolute atomic E-state index is 10.8. The van der Waals surface area contributed by atoms with Crippen LogP contribution in [-0.2, 0) is 0 Å². The fourth-order valence-corrected chi connectivity index (χ4v) is 1.66. The number of nitrogens with zero attached hydrogens (tertiary/aromatic N) is 2. The molecule has 4 nitrogen and oxygen atoms in total. The van der Waals surface area contributed by atoms with Gasteiger partial charge in [0.15, 0.2) is 0 Å². The summed E-state index contributed by atoms with van der Waals surface area (Å²) in [6.07, 6.45) is 2.75. The van der Waals surface area contributed by atoms with Crippen molar-refractivity contribution < 1.29 is 4.92 Å². The van der Waals surface area contributed by atoms with Crippen LogP contribution in [0.4, 0.5) is 5.69 Å². The minimum Gasteiger partial charge on any atom is -0.258 e. The monoisotopic (exact) mass is 234 g/mol. The van der Waals surface area contributed by atoms with Crippen molar-refractivity contribution in [3.63, 3.8) is 0 Å². The molecule has 0 saturated heterocycles. The molecule has 1 aromatic carbocycles. The zero-order valence-electron chi connectivity index (χ0n) is 8.13. The zero-order valence-corrected chi connectivity index (χ0v) is 8.89. The van der Waals surface area contributed by atoms with Gasteiger partial charge in [0.1, 0.15) is 6.20 Å². The third-order valence-corrected chi connectivity index (χ3v) is 2.35. The molecule has 0 atom stereocenters. The molecule has 2 rings (SSSR count). The Labute approximate surface area is 96.3 Å². The number of halogens is 1. The zero-order chi connectivity index (χ0) is 11.5. The molecule has 0 bridgehead atoms. The number of para-hydroxylation sites is 1. The molecule has 1 heterocycles. The summed E-state index contributed by atoms with van der Waals surface area (Å²) in [5.41, 5.74) is 2.40. The number of hydrogen-bond acceptors (Lipinski definition) is 3. The number of benzene rings is 1. The second-order valence-corrected chi connectivity index (χ2v) is 3.38. The first-order chi connectivity index (χ1) is 7.74. The maximum atomic E-state index is 10.8. The predicted octanol–water partition coefficient (Wildman–Crippen LogP) is 3.35. The van der Waals surface area contributed by atoms with Crippen LogP contribution in [0.5, 0.6) is 0 Å². The lowest BCUT2D eigenvalue weighted by molar-refractivity contribution is -0.385. The van der Waals surface area contributed by atoms with Crippen molar-refractivity contribution in [3.05, 3.63) is 51.7 Å². The topological polar surface area (TPSA) is 56.0 Å². The van der Waals surface area contributed by atoms with Gasteiger partial charge in [0.25, 0.3) is 5.69 Å². The third kappa shape index (κ3) is 1.75. The summed E-state index contributed by atoms with van der Waals surface area (Å²) in [7, 11) is 0. The second kappa shape index (κ2) is 4.28.